The largest absolute Gasteiger partial charge is 0.334 e. The highest BCUT2D eigenvalue weighted by Crippen LogP contribution is 2.23. The van der Waals surface area contributed by atoms with Gasteiger partial charge in [0.05, 0.1) is 10.8 Å². The van der Waals surface area contributed by atoms with Crippen LogP contribution in [0.1, 0.15) is 19.3 Å². The lowest BCUT2D eigenvalue weighted by Crippen LogP contribution is -2.38. The quantitative estimate of drug-likeness (QED) is 0.289. The van der Waals surface area contributed by atoms with E-state index in [1.54, 1.807) is 23.1 Å². The van der Waals surface area contributed by atoms with E-state index in [0.717, 1.165) is 31.5 Å². The summed E-state index contributed by atoms with van der Waals surface area (Å²) in [5.74, 6) is 0.167. The fourth-order valence-electron chi connectivity index (χ4n) is 3.74. The second-order valence-corrected chi connectivity index (χ2v) is 9.32. The Morgan fingerprint density at radius 2 is 2.00 bits per heavy atom. The lowest BCUT2D eigenvalue weighted by Gasteiger charge is -2.30. The minimum Gasteiger partial charge on any atom is -0.334 e. The number of carbonyl (C=O) groups excluding carboxylic acids is 1. The number of alkyl halides is 1. The van der Waals surface area contributed by atoms with Gasteiger partial charge in [0.15, 0.2) is 0 Å². The van der Waals surface area contributed by atoms with Gasteiger partial charge >= 0.3 is 6.03 Å². The number of halogens is 3. The summed E-state index contributed by atoms with van der Waals surface area (Å²) in [6.07, 6.45) is 10.5. The maximum atomic E-state index is 12.8. The Morgan fingerprint density at radius 1 is 1.31 bits per heavy atom. The van der Waals surface area contributed by atoms with Gasteiger partial charge in [0, 0.05) is 42.3 Å². The number of nitrogens with one attached hydrogen (secondary N) is 2. The minimum atomic E-state index is -1.14. The van der Waals surface area contributed by atoms with Crippen LogP contribution < -0.4 is 5.32 Å². The smallest absolute Gasteiger partial charge is 0.317 e. The van der Waals surface area contributed by atoms with Crippen molar-refractivity contribution in [3.8, 4) is 0 Å². The Balaban J connectivity index is 0.00000480. The van der Waals surface area contributed by atoms with Gasteiger partial charge in [-0.2, -0.15) is 0 Å². The van der Waals surface area contributed by atoms with Crippen molar-refractivity contribution >= 4 is 23.0 Å². The van der Waals surface area contributed by atoms with Crippen molar-refractivity contribution in [2.45, 2.75) is 24.5 Å². The van der Waals surface area contributed by atoms with Crippen LogP contribution in [-0.2, 0) is 10.8 Å². The van der Waals surface area contributed by atoms with Gasteiger partial charge in [-0.05, 0) is 44.6 Å². The molecule has 0 aromatic heterocycles. The van der Waals surface area contributed by atoms with Crippen molar-refractivity contribution in [3.05, 3.63) is 47.9 Å². The van der Waals surface area contributed by atoms with Crippen LogP contribution in [0.4, 0.5) is 18.6 Å². The van der Waals surface area contributed by atoms with Crippen molar-refractivity contribution in [1.29, 1.82) is 5.41 Å². The molecule has 0 aliphatic carbocycles. The van der Waals surface area contributed by atoms with E-state index in [4.69, 9.17) is 5.41 Å². The van der Waals surface area contributed by atoms with Gasteiger partial charge in [-0.15, -0.1) is 0 Å². The zero-order chi connectivity index (χ0) is 21.9. The highest BCUT2D eigenvalue weighted by Gasteiger charge is 2.28. The maximum Gasteiger partial charge on any atom is 0.317 e. The number of amides is 2. The van der Waals surface area contributed by atoms with E-state index < -0.39 is 10.8 Å². The molecule has 6 nitrogen and oxygen atoms in total. The third kappa shape index (κ3) is 8.74. The van der Waals surface area contributed by atoms with Crippen molar-refractivity contribution in [1.82, 2.24) is 15.1 Å². The number of hydrogen-bond donors (Lipinski definition) is 2. The molecular weight excluding hydrogens is 441 g/mol. The lowest BCUT2D eigenvalue weighted by atomic mass is 10.0. The molecule has 0 radical (unpaired) electrons. The highest BCUT2D eigenvalue weighted by molar-refractivity contribution is 7.89. The van der Waals surface area contributed by atoms with Gasteiger partial charge in [-0.1, -0.05) is 37.0 Å². The molecule has 0 aromatic rings. The summed E-state index contributed by atoms with van der Waals surface area (Å²) < 4.78 is 25.2. The van der Waals surface area contributed by atoms with E-state index in [1.807, 2.05) is 6.08 Å². The number of urea groups is 1. The zero-order valence-electron chi connectivity index (χ0n) is 18.3. The van der Waals surface area contributed by atoms with Crippen LogP contribution in [0.15, 0.2) is 47.9 Å². The molecular formula is C22H35F3N4O2S. The molecule has 2 atom stereocenters. The maximum absolute atomic E-state index is 12.8. The predicted octanol–water partition coefficient (Wildman–Crippen LogP) is 3.34. The van der Waals surface area contributed by atoms with Gasteiger partial charge in [0.1, 0.15) is 6.67 Å². The summed E-state index contributed by atoms with van der Waals surface area (Å²) in [5.41, 5.74) is 0.987. The van der Waals surface area contributed by atoms with Crippen LogP contribution in [0.5, 0.6) is 0 Å². The van der Waals surface area contributed by atoms with Crippen LogP contribution in [0.2, 0.25) is 0 Å². The molecule has 0 bridgehead atoms. The second kappa shape index (κ2) is 15.6. The van der Waals surface area contributed by atoms with E-state index in [1.165, 1.54) is 6.21 Å². The molecule has 182 valence electrons. The standard InChI is InChI=1S/C22H33FN4O2S.2FH/c1-3-20(30(29)21-8-13-26(14-9-21)15-10-23)6-4-5-12-25-22(28)27-16-18(2)19(17-27)7-11-24;;/h3-6,11,19,21,24H,1-2,7-10,12-17H2,(H,25,28);2*1H/b5-4+,20-6+,24-11?;;. The van der Waals surface area contributed by atoms with Crippen molar-refractivity contribution < 1.29 is 22.8 Å². The average Bonchev–Trinajstić information content (AvgIpc) is 3.12. The van der Waals surface area contributed by atoms with Crippen molar-refractivity contribution in [2.24, 2.45) is 5.92 Å². The molecule has 10 heteroatoms. The van der Waals surface area contributed by atoms with Gasteiger partial charge in [0.2, 0.25) is 0 Å². The zero-order valence-corrected chi connectivity index (χ0v) is 19.2. The molecule has 0 spiro atoms. The number of likely N-dealkylation sites (tertiary alicyclic amines) is 2. The second-order valence-electron chi connectivity index (χ2n) is 7.59. The lowest BCUT2D eigenvalue weighted by molar-refractivity contribution is 0.208. The molecule has 2 amide bonds. The van der Waals surface area contributed by atoms with Gasteiger partial charge in [-0.3, -0.25) is 13.6 Å². The molecule has 2 N–H and O–H groups in total. The predicted molar refractivity (Wildman–Crippen MR) is 127 cm³/mol. The topological polar surface area (TPSA) is 76.5 Å². The van der Waals surface area contributed by atoms with Gasteiger partial charge in [-0.25, -0.2) is 9.18 Å². The van der Waals surface area contributed by atoms with E-state index in [0.29, 0.717) is 37.5 Å². The average molecular weight is 477 g/mol. The number of rotatable bonds is 10. The Labute approximate surface area is 191 Å². The summed E-state index contributed by atoms with van der Waals surface area (Å²) in [6, 6.07) is -0.148. The van der Waals surface area contributed by atoms with Gasteiger partial charge < -0.3 is 20.5 Å². The summed E-state index contributed by atoms with van der Waals surface area (Å²) in [7, 11) is -1.14. The monoisotopic (exact) mass is 476 g/mol. The first kappa shape index (κ1) is 29.8. The van der Waals surface area contributed by atoms with Crippen LogP contribution in [0.3, 0.4) is 0 Å². The van der Waals surface area contributed by atoms with Crippen LogP contribution in [-0.4, -0.2) is 77.4 Å². The van der Waals surface area contributed by atoms with Crippen LogP contribution in [0, 0.1) is 11.3 Å². The molecule has 2 fully saturated rings. The van der Waals surface area contributed by atoms with Crippen LogP contribution in [0.25, 0.3) is 0 Å². The van der Waals surface area contributed by atoms with E-state index in [9.17, 15) is 13.4 Å². The number of allylic oxidation sites excluding steroid dienone is 3. The normalized spacial score (nSPS) is 21.0. The molecule has 0 aromatic carbocycles. The number of nitrogens with zero attached hydrogens (tertiary/aromatic N) is 2. The summed E-state index contributed by atoms with van der Waals surface area (Å²) in [5, 5.41) is 10.1. The Hall–Kier alpha value is -2.20. The molecule has 32 heavy (non-hydrogen) atoms. The first-order valence-electron chi connectivity index (χ1n) is 10.4. The fraction of sp³-hybridized carbons (Fsp3) is 0.545. The molecule has 2 aliphatic heterocycles. The third-order valence-corrected chi connectivity index (χ3v) is 7.39. The first-order valence-corrected chi connectivity index (χ1v) is 11.6. The molecule has 2 aliphatic rings. The van der Waals surface area contributed by atoms with Crippen LogP contribution >= 0.6 is 0 Å². The third-order valence-electron chi connectivity index (χ3n) is 5.54. The van der Waals surface area contributed by atoms with E-state index in [2.05, 4.69) is 23.4 Å². The van der Waals surface area contributed by atoms with E-state index in [-0.39, 0.29) is 33.3 Å². The molecule has 2 rings (SSSR count). The molecule has 0 saturated carbocycles. The van der Waals surface area contributed by atoms with Gasteiger partial charge in [0.25, 0.3) is 0 Å². The number of piperidine rings is 1. The highest BCUT2D eigenvalue weighted by atomic mass is 32.2. The SMILES string of the molecule is C=C/C(=C\C=C\CNC(=O)N1CC(=C)C(CC=N)C1)S(=O)C1CCN(CCF)CC1.F.F. The Kier molecular flexibility index (Phi) is 14.5. The fourth-order valence-corrected chi connectivity index (χ4v) is 5.14. The van der Waals surface area contributed by atoms with E-state index >= 15 is 0 Å². The Morgan fingerprint density at radius 3 is 2.59 bits per heavy atom. The first-order chi connectivity index (χ1) is 14.5. The summed E-state index contributed by atoms with van der Waals surface area (Å²) in [6.45, 7) is 10.9. The molecule has 2 heterocycles. The summed E-state index contributed by atoms with van der Waals surface area (Å²) >= 11 is 0. The number of hydrogen-bond acceptors (Lipinski definition) is 4. The van der Waals surface area contributed by atoms with Crippen molar-refractivity contribution in [2.75, 3.05) is 45.9 Å². The Bertz CT molecular complexity index is 722. The summed E-state index contributed by atoms with van der Waals surface area (Å²) in [4.78, 5) is 16.7. The minimum absolute atomic E-state index is 0. The molecule has 2 saturated heterocycles. The van der Waals surface area contributed by atoms with Crippen molar-refractivity contribution in [3.63, 3.8) is 0 Å². The molecule has 2 unspecified atom stereocenters. The number of carbonyl (C=O) groups is 1.